The average Bonchev–Trinajstić information content (AvgIpc) is 3.37. The first-order valence-corrected chi connectivity index (χ1v) is 9.67. The molecule has 28 heavy (non-hydrogen) atoms. The second kappa shape index (κ2) is 6.58. The van der Waals surface area contributed by atoms with Crippen molar-refractivity contribution in [1.82, 2.24) is 9.38 Å². The van der Waals surface area contributed by atoms with Crippen molar-refractivity contribution in [2.45, 2.75) is 19.8 Å². The molecule has 3 heterocycles. The largest absolute Gasteiger partial charge is 0.372 e. The summed E-state index contributed by atoms with van der Waals surface area (Å²) in [6, 6.07) is 20.9. The number of imidazole rings is 1. The van der Waals surface area contributed by atoms with E-state index in [1.807, 2.05) is 41.7 Å². The Morgan fingerprint density at radius 3 is 2.54 bits per heavy atom. The van der Waals surface area contributed by atoms with Crippen molar-refractivity contribution in [3.8, 4) is 6.07 Å². The van der Waals surface area contributed by atoms with Crippen molar-refractivity contribution in [3.05, 3.63) is 65.7 Å². The van der Waals surface area contributed by atoms with Gasteiger partial charge in [-0.25, -0.2) is 4.98 Å². The van der Waals surface area contributed by atoms with E-state index in [2.05, 4.69) is 40.6 Å². The molecule has 0 amide bonds. The lowest BCUT2D eigenvalue weighted by Gasteiger charge is -2.18. The molecule has 5 nitrogen and oxygen atoms in total. The minimum atomic E-state index is 0.617. The summed E-state index contributed by atoms with van der Waals surface area (Å²) in [5.74, 6) is 0.911. The summed E-state index contributed by atoms with van der Waals surface area (Å²) in [5, 5.41) is 13.2. The summed E-state index contributed by atoms with van der Waals surface area (Å²) < 4.78 is 2.04. The van der Waals surface area contributed by atoms with E-state index in [1.165, 1.54) is 18.5 Å². The molecule has 0 atom stereocenters. The maximum atomic E-state index is 9.63. The number of hydrogen-bond acceptors (Lipinski definition) is 4. The second-order valence-electron chi connectivity index (χ2n) is 7.32. The Bertz CT molecular complexity index is 1210. The number of pyridine rings is 1. The molecule has 138 valence electrons. The minimum Gasteiger partial charge on any atom is -0.372 e. The molecule has 0 unspecified atom stereocenters. The van der Waals surface area contributed by atoms with Gasteiger partial charge in [-0.2, -0.15) is 5.26 Å². The van der Waals surface area contributed by atoms with Crippen LogP contribution < -0.4 is 10.2 Å². The highest BCUT2D eigenvalue weighted by Crippen LogP contribution is 2.29. The van der Waals surface area contributed by atoms with Crippen LogP contribution in [-0.4, -0.2) is 22.5 Å². The van der Waals surface area contributed by atoms with Gasteiger partial charge in [-0.1, -0.05) is 12.1 Å². The maximum absolute atomic E-state index is 9.63. The molecule has 5 heteroatoms. The van der Waals surface area contributed by atoms with Crippen LogP contribution in [0.3, 0.4) is 0 Å². The topological polar surface area (TPSA) is 56.4 Å². The number of anilines is 3. The van der Waals surface area contributed by atoms with E-state index in [-0.39, 0.29) is 0 Å². The third-order valence-electron chi connectivity index (χ3n) is 5.50. The number of para-hydroxylation sites is 2. The lowest BCUT2D eigenvalue weighted by atomic mass is 10.1. The van der Waals surface area contributed by atoms with Gasteiger partial charge in [0.2, 0.25) is 0 Å². The van der Waals surface area contributed by atoms with Crippen molar-refractivity contribution in [2.75, 3.05) is 23.3 Å². The third-order valence-corrected chi connectivity index (χ3v) is 5.50. The fourth-order valence-corrected chi connectivity index (χ4v) is 4.06. The summed E-state index contributed by atoms with van der Waals surface area (Å²) in [6.07, 6.45) is 2.55. The Morgan fingerprint density at radius 2 is 1.79 bits per heavy atom. The van der Waals surface area contributed by atoms with E-state index < -0.39 is 0 Å². The fourth-order valence-electron chi connectivity index (χ4n) is 4.06. The summed E-state index contributed by atoms with van der Waals surface area (Å²) in [6.45, 7) is 4.24. The van der Waals surface area contributed by atoms with Crippen LogP contribution in [0.15, 0.2) is 54.6 Å². The SMILES string of the molecule is Cc1cc(Nc2ccc(N3CCCC3)cc2)n2c(nc3ccccc32)c1C#N. The Balaban J connectivity index is 1.60. The van der Waals surface area contributed by atoms with Gasteiger partial charge in [0.25, 0.3) is 0 Å². The van der Waals surface area contributed by atoms with Gasteiger partial charge in [0.05, 0.1) is 16.6 Å². The predicted octanol–water partition coefficient (Wildman–Crippen LogP) is 5.01. The Hall–Kier alpha value is -3.52. The standard InChI is InChI=1S/C23H21N5/c1-16-14-22(25-17-8-10-18(11-9-17)27-12-4-5-13-27)28-21-7-3-2-6-20(21)26-23(28)19(16)15-24/h2-3,6-11,14,25H,4-5,12-13H2,1H3. The molecule has 0 saturated carbocycles. The van der Waals surface area contributed by atoms with Gasteiger partial charge in [0.1, 0.15) is 11.9 Å². The molecule has 1 aliphatic heterocycles. The molecule has 0 radical (unpaired) electrons. The van der Waals surface area contributed by atoms with Crippen LogP contribution in [0.5, 0.6) is 0 Å². The van der Waals surface area contributed by atoms with Crippen molar-refractivity contribution >= 4 is 33.9 Å². The lowest BCUT2D eigenvalue weighted by molar-refractivity contribution is 0.949. The molecular formula is C23H21N5. The van der Waals surface area contributed by atoms with E-state index in [9.17, 15) is 5.26 Å². The van der Waals surface area contributed by atoms with Crippen molar-refractivity contribution in [1.29, 1.82) is 5.26 Å². The average molecular weight is 367 g/mol. The number of aryl methyl sites for hydroxylation is 1. The zero-order chi connectivity index (χ0) is 19.1. The van der Waals surface area contributed by atoms with Gasteiger partial charge in [-0.3, -0.25) is 4.40 Å². The molecule has 0 bridgehead atoms. The molecule has 1 N–H and O–H groups in total. The van der Waals surface area contributed by atoms with Crippen LogP contribution in [0, 0.1) is 18.3 Å². The first-order chi connectivity index (χ1) is 13.7. The van der Waals surface area contributed by atoms with E-state index >= 15 is 0 Å². The fraction of sp³-hybridized carbons (Fsp3) is 0.217. The summed E-state index contributed by atoms with van der Waals surface area (Å²) in [7, 11) is 0. The highest BCUT2D eigenvalue weighted by atomic mass is 15.1. The molecule has 0 aliphatic carbocycles. The summed E-state index contributed by atoms with van der Waals surface area (Å²) in [5.41, 5.74) is 6.40. The summed E-state index contributed by atoms with van der Waals surface area (Å²) >= 11 is 0. The Morgan fingerprint density at radius 1 is 1.04 bits per heavy atom. The van der Waals surface area contributed by atoms with Gasteiger partial charge in [0, 0.05) is 24.5 Å². The van der Waals surface area contributed by atoms with Crippen LogP contribution >= 0.6 is 0 Å². The maximum Gasteiger partial charge on any atom is 0.157 e. The number of fused-ring (bicyclic) bond motifs is 3. The van der Waals surface area contributed by atoms with Crippen molar-refractivity contribution in [3.63, 3.8) is 0 Å². The van der Waals surface area contributed by atoms with Crippen molar-refractivity contribution in [2.24, 2.45) is 0 Å². The van der Waals surface area contributed by atoms with Gasteiger partial charge in [-0.05, 0) is 67.8 Å². The first-order valence-electron chi connectivity index (χ1n) is 9.67. The zero-order valence-corrected chi connectivity index (χ0v) is 15.8. The quantitative estimate of drug-likeness (QED) is 0.553. The smallest absolute Gasteiger partial charge is 0.157 e. The highest BCUT2D eigenvalue weighted by Gasteiger charge is 2.16. The number of nitrogens with zero attached hydrogens (tertiary/aromatic N) is 4. The van der Waals surface area contributed by atoms with Crippen LogP contribution in [0.4, 0.5) is 17.2 Å². The number of rotatable bonds is 3. The predicted molar refractivity (Wildman–Crippen MR) is 113 cm³/mol. The van der Waals surface area contributed by atoms with Gasteiger partial charge < -0.3 is 10.2 Å². The van der Waals surface area contributed by atoms with Crippen LogP contribution in [-0.2, 0) is 0 Å². The number of hydrogen-bond donors (Lipinski definition) is 1. The van der Waals surface area contributed by atoms with Crippen LogP contribution in [0.2, 0.25) is 0 Å². The molecule has 1 fully saturated rings. The molecule has 1 aliphatic rings. The van der Waals surface area contributed by atoms with Crippen molar-refractivity contribution < 1.29 is 0 Å². The minimum absolute atomic E-state index is 0.617. The number of benzene rings is 2. The highest BCUT2D eigenvalue weighted by molar-refractivity contribution is 5.85. The molecule has 2 aromatic heterocycles. The molecule has 0 spiro atoms. The second-order valence-corrected chi connectivity index (χ2v) is 7.32. The van der Waals surface area contributed by atoms with E-state index in [0.29, 0.717) is 11.2 Å². The van der Waals surface area contributed by atoms with Crippen LogP contribution in [0.25, 0.3) is 16.7 Å². The zero-order valence-electron chi connectivity index (χ0n) is 15.8. The van der Waals surface area contributed by atoms with Gasteiger partial charge in [0.15, 0.2) is 5.65 Å². The Kier molecular flexibility index (Phi) is 3.91. The van der Waals surface area contributed by atoms with Gasteiger partial charge in [-0.15, -0.1) is 0 Å². The molecule has 2 aromatic carbocycles. The van der Waals surface area contributed by atoms with Crippen LogP contribution in [0.1, 0.15) is 24.0 Å². The van der Waals surface area contributed by atoms with Gasteiger partial charge >= 0.3 is 0 Å². The van der Waals surface area contributed by atoms with E-state index in [0.717, 1.165) is 41.2 Å². The number of nitrogens with one attached hydrogen (secondary N) is 1. The molecule has 5 rings (SSSR count). The van der Waals surface area contributed by atoms with E-state index in [1.54, 1.807) is 0 Å². The first kappa shape index (κ1) is 16.6. The molecular weight excluding hydrogens is 346 g/mol. The Labute approximate surface area is 163 Å². The van der Waals surface area contributed by atoms with E-state index in [4.69, 9.17) is 4.98 Å². The third kappa shape index (κ3) is 2.66. The molecule has 1 saturated heterocycles. The number of aromatic nitrogens is 2. The molecule has 4 aromatic rings. The lowest BCUT2D eigenvalue weighted by Crippen LogP contribution is -2.17. The number of nitriles is 1. The monoisotopic (exact) mass is 367 g/mol. The normalized spacial score (nSPS) is 13.9. The summed E-state index contributed by atoms with van der Waals surface area (Å²) in [4.78, 5) is 7.14.